The van der Waals surface area contributed by atoms with Crippen LogP contribution in [-0.4, -0.2) is 24.0 Å². The summed E-state index contributed by atoms with van der Waals surface area (Å²) in [6, 6.07) is 8.03. The lowest BCUT2D eigenvalue weighted by molar-refractivity contribution is -0.140. The minimum atomic E-state index is -0.120. The molecule has 0 aliphatic carbocycles. The predicted molar refractivity (Wildman–Crippen MR) is 96.9 cm³/mol. The van der Waals surface area contributed by atoms with Crippen molar-refractivity contribution in [2.75, 3.05) is 13.2 Å². The lowest BCUT2D eigenvalue weighted by Crippen LogP contribution is -2.45. The molecule has 1 amide bonds. The van der Waals surface area contributed by atoms with E-state index < -0.39 is 0 Å². The van der Waals surface area contributed by atoms with Crippen LogP contribution < -0.4 is 4.74 Å². The number of amides is 1. The molecule has 24 heavy (non-hydrogen) atoms. The van der Waals surface area contributed by atoms with Crippen molar-refractivity contribution in [3.63, 3.8) is 0 Å². The van der Waals surface area contributed by atoms with Gasteiger partial charge in [-0.3, -0.25) is 4.79 Å². The summed E-state index contributed by atoms with van der Waals surface area (Å²) in [5, 5.41) is 2.83. The van der Waals surface area contributed by atoms with E-state index in [1.165, 1.54) is 10.4 Å². The lowest BCUT2D eigenvalue weighted by Gasteiger charge is -2.38. The highest BCUT2D eigenvalue weighted by Gasteiger charge is 2.36. The standard InChI is InChI=1S/C19H20ClNO2S/c1-2-16-15-6-8-24-18(15)5-7-21(16)19(22)13-9-12-10-14(20)3-4-17(12)23-11-13/h3-4,6,8,10,13,16H,2,5,7,9,11H2,1H3. The van der Waals surface area contributed by atoms with Gasteiger partial charge in [-0.2, -0.15) is 0 Å². The van der Waals surface area contributed by atoms with Gasteiger partial charge in [-0.25, -0.2) is 0 Å². The van der Waals surface area contributed by atoms with E-state index in [1.807, 2.05) is 29.5 Å². The summed E-state index contributed by atoms with van der Waals surface area (Å²) in [5.74, 6) is 0.948. The van der Waals surface area contributed by atoms with Gasteiger partial charge in [0, 0.05) is 16.4 Å². The Morgan fingerprint density at radius 1 is 1.42 bits per heavy atom. The first-order valence-electron chi connectivity index (χ1n) is 8.45. The van der Waals surface area contributed by atoms with Crippen LogP contribution in [0.5, 0.6) is 5.75 Å². The average Bonchev–Trinajstić information content (AvgIpc) is 3.08. The van der Waals surface area contributed by atoms with Crippen LogP contribution in [0.15, 0.2) is 29.6 Å². The number of hydrogen-bond donors (Lipinski definition) is 0. The monoisotopic (exact) mass is 361 g/mol. The number of halogens is 1. The maximum absolute atomic E-state index is 13.2. The number of carbonyl (C=O) groups excluding carboxylic acids is 1. The SMILES string of the molecule is CCC1c2ccsc2CCN1C(=O)C1COc2ccc(Cl)cc2C1. The molecule has 2 aliphatic heterocycles. The van der Waals surface area contributed by atoms with Crippen LogP contribution in [0.25, 0.3) is 0 Å². The van der Waals surface area contributed by atoms with Crippen LogP contribution in [-0.2, 0) is 17.6 Å². The van der Waals surface area contributed by atoms with Crippen LogP contribution in [0.3, 0.4) is 0 Å². The van der Waals surface area contributed by atoms with Gasteiger partial charge in [0.25, 0.3) is 0 Å². The number of hydrogen-bond acceptors (Lipinski definition) is 3. The molecule has 0 bridgehead atoms. The average molecular weight is 362 g/mol. The Hall–Kier alpha value is -1.52. The largest absolute Gasteiger partial charge is 0.492 e. The molecule has 0 N–H and O–H groups in total. The Kier molecular flexibility index (Phi) is 4.27. The van der Waals surface area contributed by atoms with E-state index in [0.717, 1.165) is 30.7 Å². The van der Waals surface area contributed by atoms with Gasteiger partial charge < -0.3 is 9.64 Å². The van der Waals surface area contributed by atoms with Crippen molar-refractivity contribution < 1.29 is 9.53 Å². The van der Waals surface area contributed by atoms with E-state index in [0.29, 0.717) is 18.1 Å². The van der Waals surface area contributed by atoms with Crippen molar-refractivity contribution in [1.29, 1.82) is 0 Å². The Morgan fingerprint density at radius 3 is 3.12 bits per heavy atom. The van der Waals surface area contributed by atoms with Gasteiger partial charge in [-0.05, 0) is 60.0 Å². The maximum atomic E-state index is 13.2. The van der Waals surface area contributed by atoms with E-state index in [1.54, 1.807) is 0 Å². The van der Waals surface area contributed by atoms with Crippen LogP contribution in [0.1, 0.15) is 35.4 Å². The molecule has 0 saturated carbocycles. The van der Waals surface area contributed by atoms with E-state index in [-0.39, 0.29) is 17.9 Å². The summed E-state index contributed by atoms with van der Waals surface area (Å²) >= 11 is 7.90. The predicted octanol–water partition coefficient (Wildman–Crippen LogP) is 4.49. The number of carbonyl (C=O) groups is 1. The molecule has 2 aliphatic rings. The van der Waals surface area contributed by atoms with Crippen LogP contribution >= 0.6 is 22.9 Å². The second-order valence-electron chi connectivity index (χ2n) is 6.47. The van der Waals surface area contributed by atoms with Gasteiger partial charge in [0.1, 0.15) is 12.4 Å². The second kappa shape index (κ2) is 6.41. The summed E-state index contributed by atoms with van der Waals surface area (Å²) in [6.45, 7) is 3.42. The number of ether oxygens (including phenoxy) is 1. The van der Waals surface area contributed by atoms with Gasteiger partial charge >= 0.3 is 0 Å². The molecule has 1 aromatic carbocycles. The topological polar surface area (TPSA) is 29.5 Å². The fourth-order valence-corrected chi connectivity index (χ4v) is 4.98. The van der Waals surface area contributed by atoms with Crippen LogP contribution in [0.2, 0.25) is 5.02 Å². The lowest BCUT2D eigenvalue weighted by atomic mass is 9.92. The summed E-state index contributed by atoms with van der Waals surface area (Å²) in [6.07, 6.45) is 2.62. The number of rotatable bonds is 2. The van der Waals surface area contributed by atoms with Crippen LogP contribution in [0.4, 0.5) is 0 Å². The number of thiophene rings is 1. The Balaban J connectivity index is 1.56. The summed E-state index contributed by atoms with van der Waals surface area (Å²) in [4.78, 5) is 16.7. The molecular formula is C19H20ClNO2S. The Labute approximate surface area is 151 Å². The van der Waals surface area contributed by atoms with E-state index in [9.17, 15) is 4.79 Å². The first-order chi connectivity index (χ1) is 11.7. The highest BCUT2D eigenvalue weighted by Crippen LogP contribution is 2.37. The molecule has 2 unspecified atom stereocenters. The quantitative estimate of drug-likeness (QED) is 0.788. The third kappa shape index (κ3) is 2.72. The first kappa shape index (κ1) is 16.0. The van der Waals surface area contributed by atoms with E-state index in [2.05, 4.69) is 23.3 Å². The van der Waals surface area contributed by atoms with Gasteiger partial charge in [0.15, 0.2) is 0 Å². The molecule has 0 fully saturated rings. The zero-order chi connectivity index (χ0) is 16.7. The van der Waals surface area contributed by atoms with Crippen molar-refractivity contribution in [3.8, 4) is 5.75 Å². The number of benzene rings is 1. The molecule has 126 valence electrons. The maximum Gasteiger partial charge on any atom is 0.229 e. The molecule has 0 saturated heterocycles. The first-order valence-corrected chi connectivity index (χ1v) is 9.71. The number of nitrogens with zero attached hydrogens (tertiary/aromatic N) is 1. The van der Waals surface area contributed by atoms with Gasteiger partial charge in [0.05, 0.1) is 12.0 Å². The molecule has 5 heteroatoms. The molecule has 1 aromatic heterocycles. The normalized spacial score (nSPS) is 22.5. The third-order valence-corrected chi connectivity index (χ3v) is 6.27. The molecule has 0 spiro atoms. The molecule has 4 rings (SSSR count). The summed E-state index contributed by atoms with van der Waals surface area (Å²) in [7, 11) is 0. The van der Waals surface area contributed by atoms with E-state index >= 15 is 0 Å². The highest BCUT2D eigenvalue weighted by molar-refractivity contribution is 7.10. The van der Waals surface area contributed by atoms with Crippen molar-refractivity contribution in [2.24, 2.45) is 5.92 Å². The molecule has 3 nitrogen and oxygen atoms in total. The molecule has 3 heterocycles. The summed E-state index contributed by atoms with van der Waals surface area (Å²) in [5.41, 5.74) is 2.37. The van der Waals surface area contributed by atoms with Crippen LogP contribution in [0, 0.1) is 5.92 Å². The fourth-order valence-electron chi connectivity index (χ4n) is 3.86. The van der Waals surface area contributed by atoms with Crippen molar-refractivity contribution >= 4 is 28.8 Å². The minimum Gasteiger partial charge on any atom is -0.492 e. The number of fused-ring (bicyclic) bond motifs is 2. The Bertz CT molecular complexity index is 772. The van der Waals surface area contributed by atoms with Gasteiger partial charge in [-0.15, -0.1) is 11.3 Å². The van der Waals surface area contributed by atoms with E-state index in [4.69, 9.17) is 16.3 Å². The molecule has 2 aromatic rings. The van der Waals surface area contributed by atoms with Crippen molar-refractivity contribution in [3.05, 3.63) is 50.7 Å². The van der Waals surface area contributed by atoms with Crippen molar-refractivity contribution in [2.45, 2.75) is 32.2 Å². The summed E-state index contributed by atoms with van der Waals surface area (Å²) < 4.78 is 5.82. The zero-order valence-corrected chi connectivity index (χ0v) is 15.2. The minimum absolute atomic E-state index is 0.120. The molecular weight excluding hydrogens is 342 g/mol. The highest BCUT2D eigenvalue weighted by atomic mass is 35.5. The smallest absolute Gasteiger partial charge is 0.229 e. The molecule has 2 atom stereocenters. The zero-order valence-electron chi connectivity index (χ0n) is 13.6. The fraction of sp³-hybridized carbons (Fsp3) is 0.421. The van der Waals surface area contributed by atoms with Crippen molar-refractivity contribution in [1.82, 2.24) is 4.90 Å². The van der Waals surface area contributed by atoms with Gasteiger partial charge in [0.2, 0.25) is 5.91 Å². The molecule has 0 radical (unpaired) electrons. The third-order valence-electron chi connectivity index (χ3n) is 5.04. The Morgan fingerprint density at radius 2 is 2.29 bits per heavy atom. The second-order valence-corrected chi connectivity index (χ2v) is 7.91. The van der Waals surface area contributed by atoms with Gasteiger partial charge in [-0.1, -0.05) is 18.5 Å².